The second kappa shape index (κ2) is 10.7. The van der Waals surface area contributed by atoms with Gasteiger partial charge in [0, 0.05) is 34.6 Å². The highest BCUT2D eigenvalue weighted by atomic mass is 35.5. The minimum absolute atomic E-state index is 0.0850. The fraction of sp³-hybridized carbons (Fsp3) is 0.0909. The lowest BCUT2D eigenvalue weighted by Crippen LogP contribution is -2.27. The molecule has 1 N–H and O–H groups in total. The number of hydrogen-bond donors (Lipinski definition) is 1. The highest BCUT2D eigenvalue weighted by Crippen LogP contribution is 2.34. The molecule has 0 saturated heterocycles. The zero-order valence-electron chi connectivity index (χ0n) is 21.2. The topological polar surface area (TPSA) is 51.1 Å². The number of hydrogen-bond acceptors (Lipinski definition) is 2. The summed E-state index contributed by atoms with van der Waals surface area (Å²) in [6.07, 6.45) is 0.509. The third-order valence-corrected chi connectivity index (χ3v) is 8.77. The molecule has 0 aliphatic rings. The number of sulfonamides is 1. The minimum atomic E-state index is -3.68. The lowest BCUT2D eigenvalue weighted by atomic mass is 9.98. The van der Waals surface area contributed by atoms with Crippen molar-refractivity contribution < 1.29 is 8.42 Å². The summed E-state index contributed by atoms with van der Waals surface area (Å²) in [4.78, 5) is 0.264. The van der Waals surface area contributed by atoms with E-state index in [0.717, 1.165) is 38.5 Å². The Balaban J connectivity index is 1.37. The van der Waals surface area contributed by atoms with Gasteiger partial charge >= 0.3 is 0 Å². The first-order chi connectivity index (χ1) is 19.0. The maximum atomic E-state index is 13.2. The summed E-state index contributed by atoms with van der Waals surface area (Å²) >= 11 is 6.37. The quantitative estimate of drug-likeness (QED) is 0.212. The van der Waals surface area contributed by atoms with E-state index in [4.69, 9.17) is 11.6 Å². The van der Waals surface area contributed by atoms with Crippen LogP contribution in [0.5, 0.6) is 0 Å². The van der Waals surface area contributed by atoms with Gasteiger partial charge in [0.25, 0.3) is 0 Å². The molecule has 0 bridgehead atoms. The molecule has 0 saturated carbocycles. The van der Waals surface area contributed by atoms with Crippen LogP contribution in [0.1, 0.15) is 22.9 Å². The Kier molecular flexibility index (Phi) is 6.96. The number of benzene rings is 5. The Morgan fingerprint density at radius 2 is 1.31 bits per heavy atom. The Hall–Kier alpha value is -3.90. The Bertz CT molecular complexity index is 1830. The van der Waals surface area contributed by atoms with Crippen LogP contribution < -0.4 is 4.72 Å². The Labute approximate surface area is 233 Å². The van der Waals surface area contributed by atoms with Crippen molar-refractivity contribution in [2.45, 2.75) is 17.4 Å². The van der Waals surface area contributed by atoms with Crippen molar-refractivity contribution in [2.75, 3.05) is 6.54 Å². The van der Waals surface area contributed by atoms with Gasteiger partial charge in [0.1, 0.15) is 0 Å². The van der Waals surface area contributed by atoms with Gasteiger partial charge in [0.05, 0.1) is 10.9 Å². The van der Waals surface area contributed by atoms with Crippen LogP contribution in [0.2, 0.25) is 5.02 Å². The van der Waals surface area contributed by atoms with E-state index < -0.39 is 10.0 Å². The summed E-state index contributed by atoms with van der Waals surface area (Å²) < 4.78 is 31.5. The number of fused-ring (bicyclic) bond motifs is 2. The summed E-state index contributed by atoms with van der Waals surface area (Å²) in [5.41, 5.74) is 4.36. The van der Waals surface area contributed by atoms with Crippen LogP contribution >= 0.6 is 11.6 Å². The van der Waals surface area contributed by atoms with Gasteiger partial charge in [-0.15, -0.1) is 0 Å². The highest BCUT2D eigenvalue weighted by Gasteiger charge is 2.22. The van der Waals surface area contributed by atoms with Gasteiger partial charge in [-0.25, -0.2) is 13.1 Å². The average molecular weight is 551 g/mol. The fourth-order valence-electron chi connectivity index (χ4n) is 5.25. The molecule has 0 unspecified atom stereocenters. The smallest absolute Gasteiger partial charge is 0.240 e. The van der Waals surface area contributed by atoms with Crippen LogP contribution in [0.4, 0.5) is 0 Å². The largest absolute Gasteiger partial charge is 0.333 e. The van der Waals surface area contributed by atoms with Gasteiger partial charge in [0.2, 0.25) is 10.0 Å². The molecule has 4 nitrogen and oxygen atoms in total. The van der Waals surface area contributed by atoms with E-state index in [1.807, 2.05) is 84.9 Å². The van der Waals surface area contributed by atoms with Crippen molar-refractivity contribution in [3.63, 3.8) is 0 Å². The first-order valence-electron chi connectivity index (χ1n) is 12.9. The zero-order chi connectivity index (χ0) is 26.8. The van der Waals surface area contributed by atoms with Gasteiger partial charge in [-0.3, -0.25) is 0 Å². The van der Waals surface area contributed by atoms with Crippen molar-refractivity contribution in [2.24, 2.45) is 0 Å². The van der Waals surface area contributed by atoms with E-state index in [2.05, 4.69) is 39.6 Å². The van der Waals surface area contributed by atoms with Gasteiger partial charge < -0.3 is 4.57 Å². The van der Waals surface area contributed by atoms with Gasteiger partial charge in [-0.2, -0.15) is 0 Å². The molecular formula is C33H27ClN2O2S. The van der Waals surface area contributed by atoms with Crippen molar-refractivity contribution in [3.05, 3.63) is 149 Å². The van der Waals surface area contributed by atoms with Crippen LogP contribution in [-0.2, 0) is 16.4 Å². The molecule has 194 valence electrons. The molecule has 6 aromatic rings. The molecule has 39 heavy (non-hydrogen) atoms. The van der Waals surface area contributed by atoms with Gasteiger partial charge in [-0.05, 0) is 58.3 Å². The minimum Gasteiger partial charge on any atom is -0.333 e. The van der Waals surface area contributed by atoms with Crippen LogP contribution in [0, 0.1) is 0 Å². The normalized spacial score (nSPS) is 11.9. The van der Waals surface area contributed by atoms with Crippen molar-refractivity contribution in [1.82, 2.24) is 9.29 Å². The SMILES string of the molecule is O=S(=O)(NCCc1cc2cc(Cl)ccc2n1C(c1ccccc1)c1ccccc1)c1ccc2ccccc2c1. The Morgan fingerprint density at radius 3 is 2.00 bits per heavy atom. The predicted octanol–water partition coefficient (Wildman–Crippen LogP) is 7.61. The summed E-state index contributed by atoms with van der Waals surface area (Å²) in [6.45, 7) is 0.259. The van der Waals surface area contributed by atoms with Crippen molar-refractivity contribution >= 4 is 43.3 Å². The van der Waals surface area contributed by atoms with Gasteiger partial charge in [0.15, 0.2) is 0 Å². The molecule has 6 rings (SSSR count). The molecular weight excluding hydrogens is 524 g/mol. The first kappa shape index (κ1) is 25.4. The molecule has 6 heteroatoms. The molecule has 0 spiro atoms. The number of halogens is 1. The van der Waals surface area contributed by atoms with E-state index in [-0.39, 0.29) is 17.5 Å². The number of nitrogens with zero attached hydrogens (tertiary/aromatic N) is 1. The predicted molar refractivity (Wildman–Crippen MR) is 160 cm³/mol. The Morgan fingerprint density at radius 1 is 0.667 bits per heavy atom. The fourth-order valence-corrected chi connectivity index (χ4v) is 6.50. The molecule has 0 atom stereocenters. The lowest BCUT2D eigenvalue weighted by Gasteiger charge is -2.24. The molecule has 0 radical (unpaired) electrons. The number of nitrogens with one attached hydrogen (secondary N) is 1. The average Bonchev–Trinajstić information content (AvgIpc) is 3.30. The third-order valence-electron chi connectivity index (χ3n) is 7.07. The first-order valence-corrected chi connectivity index (χ1v) is 14.7. The van der Waals surface area contributed by atoms with Crippen molar-refractivity contribution in [1.29, 1.82) is 0 Å². The number of rotatable bonds is 8. The van der Waals surface area contributed by atoms with E-state index in [0.29, 0.717) is 11.4 Å². The van der Waals surface area contributed by atoms with Crippen LogP contribution in [0.3, 0.4) is 0 Å². The highest BCUT2D eigenvalue weighted by molar-refractivity contribution is 7.89. The second-order valence-electron chi connectivity index (χ2n) is 9.59. The molecule has 0 aliphatic carbocycles. The van der Waals surface area contributed by atoms with Crippen LogP contribution in [-0.4, -0.2) is 19.5 Å². The van der Waals surface area contributed by atoms with Crippen LogP contribution in [0.15, 0.2) is 132 Å². The maximum absolute atomic E-state index is 13.2. The van der Waals surface area contributed by atoms with Crippen molar-refractivity contribution in [3.8, 4) is 0 Å². The molecule has 5 aromatic carbocycles. The zero-order valence-corrected chi connectivity index (χ0v) is 22.7. The third kappa shape index (κ3) is 5.21. The second-order valence-corrected chi connectivity index (χ2v) is 11.8. The standard InChI is InChI=1S/C33H27ClN2O2S/c34-29-16-18-32-28(21-29)22-30(36(32)33(25-10-3-1-4-11-25)26-12-5-2-6-13-26)19-20-35-39(37,38)31-17-15-24-9-7-8-14-27(24)23-31/h1-18,21-23,33,35H,19-20H2. The van der Waals surface area contributed by atoms with E-state index in [1.54, 1.807) is 12.1 Å². The molecule has 0 fully saturated rings. The summed E-state index contributed by atoms with van der Waals surface area (Å²) in [6, 6.07) is 41.6. The molecule has 0 aliphatic heterocycles. The molecule has 1 aromatic heterocycles. The lowest BCUT2D eigenvalue weighted by molar-refractivity contribution is 0.579. The van der Waals surface area contributed by atoms with E-state index in [9.17, 15) is 8.42 Å². The number of aromatic nitrogens is 1. The summed E-state index contributed by atoms with van der Waals surface area (Å²) in [7, 11) is -3.68. The molecule has 0 amide bonds. The van der Waals surface area contributed by atoms with E-state index in [1.165, 1.54) is 0 Å². The summed E-state index contributed by atoms with van der Waals surface area (Å²) in [5, 5.41) is 3.59. The van der Waals surface area contributed by atoms with Crippen LogP contribution in [0.25, 0.3) is 21.7 Å². The maximum Gasteiger partial charge on any atom is 0.240 e. The van der Waals surface area contributed by atoms with E-state index >= 15 is 0 Å². The van der Waals surface area contributed by atoms with Gasteiger partial charge in [-0.1, -0.05) is 103 Å². The molecule has 1 heterocycles. The monoisotopic (exact) mass is 550 g/mol. The summed E-state index contributed by atoms with van der Waals surface area (Å²) in [5.74, 6) is 0.